The summed E-state index contributed by atoms with van der Waals surface area (Å²) in [6.45, 7) is 2.33. The Morgan fingerprint density at radius 2 is 2.12 bits per heavy atom. The molecule has 0 saturated carbocycles. The van der Waals surface area contributed by atoms with Gasteiger partial charge in [0.2, 0.25) is 11.8 Å². The number of nitrogens with one attached hydrogen (secondary N) is 1. The number of piperidine rings is 1. The molecule has 6 nitrogen and oxygen atoms in total. The summed E-state index contributed by atoms with van der Waals surface area (Å²) in [5, 5.41) is 7.04. The van der Waals surface area contributed by atoms with Gasteiger partial charge in [-0.15, -0.1) is 0 Å². The number of anilines is 1. The first-order chi connectivity index (χ1) is 11.5. The van der Waals surface area contributed by atoms with Crippen LogP contribution in [0.4, 0.5) is 10.2 Å². The molecule has 2 amide bonds. The van der Waals surface area contributed by atoms with Crippen LogP contribution in [0.3, 0.4) is 0 Å². The fourth-order valence-corrected chi connectivity index (χ4v) is 2.79. The first kappa shape index (κ1) is 16.2. The molecule has 1 aromatic carbocycles. The molecule has 2 aromatic rings. The van der Waals surface area contributed by atoms with Crippen molar-refractivity contribution in [1.29, 1.82) is 0 Å². The fourth-order valence-electron chi connectivity index (χ4n) is 2.79. The average Bonchev–Trinajstić information content (AvgIpc) is 2.90. The van der Waals surface area contributed by atoms with Gasteiger partial charge in [-0.25, -0.2) is 9.07 Å². The standard InChI is InChI=1S/C17H19FN4O2/c1-11-9-15(22(20-11)14-6-4-3-5-13(14)18)19-17(24)12-7-8-21(2)16(23)10-12/h3-6,9,12H,7-8,10H2,1-2H3,(H,19,24). The maximum absolute atomic E-state index is 14.0. The Labute approximate surface area is 139 Å². The quantitative estimate of drug-likeness (QED) is 0.937. The summed E-state index contributed by atoms with van der Waals surface area (Å²) in [4.78, 5) is 25.9. The number of aryl methyl sites for hydroxylation is 1. The van der Waals surface area contributed by atoms with Crippen LogP contribution in [-0.4, -0.2) is 40.1 Å². The Balaban J connectivity index is 1.82. The Bertz CT molecular complexity index is 787. The van der Waals surface area contributed by atoms with E-state index in [1.165, 1.54) is 10.7 Å². The second-order valence-electron chi connectivity index (χ2n) is 6.03. The van der Waals surface area contributed by atoms with Gasteiger partial charge in [-0.2, -0.15) is 5.10 Å². The van der Waals surface area contributed by atoms with E-state index in [4.69, 9.17) is 0 Å². The summed E-state index contributed by atoms with van der Waals surface area (Å²) in [5.74, 6) is -0.688. The number of hydrogen-bond donors (Lipinski definition) is 1. The second kappa shape index (κ2) is 6.43. The van der Waals surface area contributed by atoms with Gasteiger partial charge in [-0.1, -0.05) is 12.1 Å². The highest BCUT2D eigenvalue weighted by Gasteiger charge is 2.29. The molecule has 1 fully saturated rings. The van der Waals surface area contributed by atoms with Crippen molar-refractivity contribution in [3.8, 4) is 5.69 Å². The molecule has 3 rings (SSSR count). The summed E-state index contributed by atoms with van der Waals surface area (Å²) in [6.07, 6.45) is 0.802. The molecule has 0 spiro atoms. The maximum atomic E-state index is 14.0. The summed E-state index contributed by atoms with van der Waals surface area (Å²) in [5.41, 5.74) is 0.924. The van der Waals surface area contributed by atoms with E-state index in [2.05, 4.69) is 10.4 Å². The zero-order chi connectivity index (χ0) is 17.3. The Morgan fingerprint density at radius 3 is 2.83 bits per heavy atom. The van der Waals surface area contributed by atoms with Crippen molar-refractivity contribution in [2.24, 2.45) is 5.92 Å². The Morgan fingerprint density at radius 1 is 1.38 bits per heavy atom. The third-order valence-electron chi connectivity index (χ3n) is 4.19. The van der Waals surface area contributed by atoms with E-state index in [-0.39, 0.29) is 29.8 Å². The molecule has 1 saturated heterocycles. The lowest BCUT2D eigenvalue weighted by Crippen LogP contribution is -2.40. The van der Waals surface area contributed by atoms with Gasteiger partial charge >= 0.3 is 0 Å². The van der Waals surface area contributed by atoms with E-state index >= 15 is 0 Å². The van der Waals surface area contributed by atoms with E-state index in [0.29, 0.717) is 24.5 Å². The van der Waals surface area contributed by atoms with Gasteiger partial charge in [-0.05, 0) is 25.5 Å². The molecule has 7 heteroatoms. The minimum absolute atomic E-state index is 0.0415. The topological polar surface area (TPSA) is 67.2 Å². The second-order valence-corrected chi connectivity index (χ2v) is 6.03. The monoisotopic (exact) mass is 330 g/mol. The van der Waals surface area contributed by atoms with Gasteiger partial charge in [0.15, 0.2) is 0 Å². The van der Waals surface area contributed by atoms with Gasteiger partial charge in [0.25, 0.3) is 0 Å². The number of aromatic nitrogens is 2. The molecule has 1 aliphatic rings. The lowest BCUT2D eigenvalue weighted by Gasteiger charge is -2.27. The van der Waals surface area contributed by atoms with E-state index < -0.39 is 5.82 Å². The largest absolute Gasteiger partial charge is 0.346 e. The molecule has 0 radical (unpaired) electrons. The minimum Gasteiger partial charge on any atom is -0.346 e. The smallest absolute Gasteiger partial charge is 0.229 e. The van der Waals surface area contributed by atoms with Crippen LogP contribution in [0.5, 0.6) is 0 Å². The highest BCUT2D eigenvalue weighted by atomic mass is 19.1. The van der Waals surface area contributed by atoms with Crippen molar-refractivity contribution in [3.63, 3.8) is 0 Å². The first-order valence-corrected chi connectivity index (χ1v) is 7.82. The van der Waals surface area contributed by atoms with Crippen molar-refractivity contribution in [2.75, 3.05) is 18.9 Å². The van der Waals surface area contributed by atoms with Crippen molar-refractivity contribution < 1.29 is 14.0 Å². The molecule has 1 atom stereocenters. The number of para-hydroxylation sites is 1. The molecule has 1 N–H and O–H groups in total. The molecular weight excluding hydrogens is 311 g/mol. The van der Waals surface area contributed by atoms with Gasteiger partial charge in [0, 0.05) is 32.0 Å². The number of amides is 2. The molecule has 0 aliphatic carbocycles. The van der Waals surface area contributed by atoms with Crippen LogP contribution in [0.2, 0.25) is 0 Å². The first-order valence-electron chi connectivity index (χ1n) is 7.82. The predicted molar refractivity (Wildman–Crippen MR) is 87.2 cm³/mol. The predicted octanol–water partition coefficient (Wildman–Crippen LogP) is 2.13. The number of halogens is 1. The zero-order valence-corrected chi connectivity index (χ0v) is 13.6. The van der Waals surface area contributed by atoms with Gasteiger partial charge in [0.1, 0.15) is 17.3 Å². The van der Waals surface area contributed by atoms with Crippen LogP contribution < -0.4 is 5.32 Å². The summed E-state index contributed by atoms with van der Waals surface area (Å²) >= 11 is 0. The summed E-state index contributed by atoms with van der Waals surface area (Å²) in [6, 6.07) is 7.92. The molecular formula is C17H19FN4O2. The summed E-state index contributed by atoms with van der Waals surface area (Å²) < 4.78 is 15.4. The number of hydrogen-bond acceptors (Lipinski definition) is 3. The van der Waals surface area contributed by atoms with Gasteiger partial charge in [0.05, 0.1) is 5.69 Å². The Kier molecular flexibility index (Phi) is 4.33. The molecule has 126 valence electrons. The van der Waals surface area contributed by atoms with Crippen LogP contribution in [-0.2, 0) is 9.59 Å². The molecule has 0 bridgehead atoms. The lowest BCUT2D eigenvalue weighted by atomic mass is 9.96. The van der Waals surface area contributed by atoms with Crippen molar-refractivity contribution in [1.82, 2.24) is 14.7 Å². The van der Waals surface area contributed by atoms with E-state index in [1.807, 2.05) is 0 Å². The Hall–Kier alpha value is -2.70. The number of rotatable bonds is 3. The number of benzene rings is 1. The molecule has 2 heterocycles. The van der Waals surface area contributed by atoms with Crippen LogP contribution in [0.1, 0.15) is 18.5 Å². The molecule has 1 aromatic heterocycles. The van der Waals surface area contributed by atoms with E-state index in [1.54, 1.807) is 43.1 Å². The molecule has 24 heavy (non-hydrogen) atoms. The van der Waals surface area contributed by atoms with E-state index in [0.717, 1.165) is 0 Å². The van der Waals surface area contributed by atoms with Crippen LogP contribution in [0.25, 0.3) is 5.69 Å². The van der Waals surface area contributed by atoms with Crippen LogP contribution in [0, 0.1) is 18.7 Å². The van der Waals surface area contributed by atoms with Crippen molar-refractivity contribution in [2.45, 2.75) is 19.8 Å². The average molecular weight is 330 g/mol. The molecule has 1 aliphatic heterocycles. The highest BCUT2D eigenvalue weighted by molar-refractivity contribution is 5.95. The number of carbonyl (C=O) groups is 2. The number of nitrogens with zero attached hydrogens (tertiary/aromatic N) is 3. The maximum Gasteiger partial charge on any atom is 0.229 e. The minimum atomic E-state index is -0.425. The fraction of sp³-hybridized carbons (Fsp3) is 0.353. The van der Waals surface area contributed by atoms with Gasteiger partial charge < -0.3 is 10.2 Å². The van der Waals surface area contributed by atoms with Crippen LogP contribution in [0.15, 0.2) is 30.3 Å². The van der Waals surface area contributed by atoms with E-state index in [9.17, 15) is 14.0 Å². The van der Waals surface area contributed by atoms with Crippen LogP contribution >= 0.6 is 0 Å². The summed E-state index contributed by atoms with van der Waals surface area (Å²) in [7, 11) is 1.73. The third-order valence-corrected chi connectivity index (χ3v) is 4.19. The van der Waals surface area contributed by atoms with Crippen molar-refractivity contribution >= 4 is 17.6 Å². The molecule has 1 unspecified atom stereocenters. The van der Waals surface area contributed by atoms with Crippen molar-refractivity contribution in [3.05, 3.63) is 41.8 Å². The number of likely N-dealkylation sites (tertiary alicyclic amines) is 1. The SMILES string of the molecule is Cc1cc(NC(=O)C2CCN(C)C(=O)C2)n(-c2ccccc2F)n1. The third kappa shape index (κ3) is 3.15. The number of carbonyl (C=O) groups excluding carboxylic acids is 2. The van der Waals surface area contributed by atoms with Gasteiger partial charge in [-0.3, -0.25) is 9.59 Å². The zero-order valence-electron chi connectivity index (χ0n) is 13.6. The lowest BCUT2D eigenvalue weighted by molar-refractivity contribution is -0.137. The highest BCUT2D eigenvalue weighted by Crippen LogP contribution is 2.23. The normalized spacial score (nSPS) is 17.9.